The third kappa shape index (κ3) is 3.60. The summed E-state index contributed by atoms with van der Waals surface area (Å²) in [4.78, 5) is 12.3. The second-order valence-corrected chi connectivity index (χ2v) is 4.89. The fourth-order valence-corrected chi connectivity index (χ4v) is 2.27. The fraction of sp³-hybridized carbons (Fsp3) is 0.438. The first kappa shape index (κ1) is 14.6. The molecule has 0 aliphatic carbocycles. The number of carbonyl (C=O) groups is 1. The summed E-state index contributed by atoms with van der Waals surface area (Å²) >= 11 is 0. The van der Waals surface area contributed by atoms with Crippen molar-refractivity contribution in [2.45, 2.75) is 19.4 Å². The maximum absolute atomic E-state index is 12.3. The summed E-state index contributed by atoms with van der Waals surface area (Å²) in [6.45, 7) is 3.25. The van der Waals surface area contributed by atoms with Crippen molar-refractivity contribution in [3.8, 4) is 11.8 Å². The highest BCUT2D eigenvalue weighted by Crippen LogP contribution is 2.17. The van der Waals surface area contributed by atoms with Gasteiger partial charge in [-0.15, -0.1) is 0 Å². The molecule has 0 bridgehead atoms. The van der Waals surface area contributed by atoms with E-state index < -0.39 is 0 Å². The van der Waals surface area contributed by atoms with Gasteiger partial charge in [-0.25, -0.2) is 0 Å². The zero-order chi connectivity index (χ0) is 14.4. The summed E-state index contributed by atoms with van der Waals surface area (Å²) in [7, 11) is 0. The lowest BCUT2D eigenvalue weighted by Crippen LogP contribution is -2.38. The summed E-state index contributed by atoms with van der Waals surface area (Å²) in [5.41, 5.74) is 1.17. The van der Waals surface area contributed by atoms with Crippen LogP contribution in [0.4, 0.5) is 0 Å². The third-order valence-corrected chi connectivity index (χ3v) is 3.50. The topological polar surface area (TPSA) is 58.6 Å². The standard InChI is InChI=1S/C16H19NO3/c1-12(14-8-10-20-11-14)17-16(19)15-7-3-2-5-13(15)6-4-9-18/h2-3,5,7,12,14,18H,8-11H2,1H3,(H,17,19). The Morgan fingerprint density at radius 3 is 3.05 bits per heavy atom. The lowest BCUT2D eigenvalue weighted by Gasteiger charge is -2.19. The molecule has 2 unspecified atom stereocenters. The molecule has 0 radical (unpaired) electrons. The summed E-state index contributed by atoms with van der Waals surface area (Å²) in [5, 5.41) is 11.8. The zero-order valence-electron chi connectivity index (χ0n) is 11.6. The molecule has 1 fully saturated rings. The molecule has 1 amide bonds. The van der Waals surface area contributed by atoms with E-state index in [0.29, 0.717) is 23.7 Å². The molecular weight excluding hydrogens is 254 g/mol. The van der Waals surface area contributed by atoms with Crippen molar-refractivity contribution in [1.82, 2.24) is 5.32 Å². The maximum atomic E-state index is 12.3. The van der Waals surface area contributed by atoms with Crippen molar-refractivity contribution < 1.29 is 14.6 Å². The Kier molecular flexibility index (Phi) is 5.16. The third-order valence-electron chi connectivity index (χ3n) is 3.50. The van der Waals surface area contributed by atoms with Crippen LogP contribution >= 0.6 is 0 Å². The summed E-state index contributed by atoms with van der Waals surface area (Å²) < 4.78 is 5.34. The number of ether oxygens (including phenoxy) is 1. The molecule has 1 aromatic carbocycles. The minimum absolute atomic E-state index is 0.0730. The van der Waals surface area contributed by atoms with E-state index in [4.69, 9.17) is 9.84 Å². The first-order valence-corrected chi connectivity index (χ1v) is 6.79. The van der Waals surface area contributed by atoms with E-state index >= 15 is 0 Å². The van der Waals surface area contributed by atoms with Gasteiger partial charge in [-0.1, -0.05) is 24.0 Å². The molecule has 1 saturated heterocycles. The number of amides is 1. The first-order valence-electron chi connectivity index (χ1n) is 6.79. The molecule has 0 spiro atoms. The van der Waals surface area contributed by atoms with Gasteiger partial charge in [0, 0.05) is 24.1 Å². The SMILES string of the molecule is CC(NC(=O)c1ccccc1C#CCO)C1CCOC1. The van der Waals surface area contributed by atoms with Crippen LogP contribution in [0.25, 0.3) is 0 Å². The van der Waals surface area contributed by atoms with E-state index in [2.05, 4.69) is 17.2 Å². The molecule has 2 N–H and O–H groups in total. The van der Waals surface area contributed by atoms with Crippen LogP contribution in [-0.4, -0.2) is 36.9 Å². The van der Waals surface area contributed by atoms with Gasteiger partial charge in [-0.05, 0) is 25.5 Å². The Labute approximate surface area is 119 Å². The summed E-state index contributed by atoms with van der Waals surface area (Å²) in [5.74, 6) is 5.61. The minimum atomic E-state index is -0.216. The van der Waals surface area contributed by atoms with Crippen molar-refractivity contribution in [3.05, 3.63) is 35.4 Å². The van der Waals surface area contributed by atoms with Gasteiger partial charge in [0.1, 0.15) is 6.61 Å². The molecular formula is C16H19NO3. The predicted octanol–water partition coefficient (Wildman–Crippen LogP) is 1.19. The molecule has 1 aliphatic rings. The molecule has 0 saturated carbocycles. The highest BCUT2D eigenvalue weighted by molar-refractivity contribution is 5.96. The van der Waals surface area contributed by atoms with Gasteiger partial charge in [-0.3, -0.25) is 4.79 Å². The summed E-state index contributed by atoms with van der Waals surface area (Å²) in [6, 6.07) is 7.23. The molecule has 1 aliphatic heterocycles. The van der Waals surface area contributed by atoms with Crippen LogP contribution in [0.15, 0.2) is 24.3 Å². The molecule has 1 aromatic rings. The Morgan fingerprint density at radius 2 is 2.35 bits per heavy atom. The number of hydrogen-bond acceptors (Lipinski definition) is 3. The van der Waals surface area contributed by atoms with Gasteiger partial charge >= 0.3 is 0 Å². The van der Waals surface area contributed by atoms with E-state index in [-0.39, 0.29) is 18.6 Å². The van der Waals surface area contributed by atoms with Crippen molar-refractivity contribution in [2.24, 2.45) is 5.92 Å². The van der Waals surface area contributed by atoms with Crippen LogP contribution in [0.5, 0.6) is 0 Å². The Morgan fingerprint density at radius 1 is 1.55 bits per heavy atom. The van der Waals surface area contributed by atoms with Crippen LogP contribution in [0.2, 0.25) is 0 Å². The molecule has 4 heteroatoms. The maximum Gasteiger partial charge on any atom is 0.252 e. The van der Waals surface area contributed by atoms with Crippen LogP contribution in [0, 0.1) is 17.8 Å². The van der Waals surface area contributed by atoms with Crippen molar-refractivity contribution in [3.63, 3.8) is 0 Å². The lowest BCUT2D eigenvalue weighted by molar-refractivity contribution is 0.0922. The fourth-order valence-electron chi connectivity index (χ4n) is 2.27. The van der Waals surface area contributed by atoms with Gasteiger partial charge in [0.15, 0.2) is 0 Å². The normalized spacial score (nSPS) is 19.0. The molecule has 20 heavy (non-hydrogen) atoms. The van der Waals surface area contributed by atoms with E-state index in [1.54, 1.807) is 12.1 Å². The number of aliphatic hydroxyl groups is 1. The highest BCUT2D eigenvalue weighted by Gasteiger charge is 2.24. The van der Waals surface area contributed by atoms with E-state index in [1.807, 2.05) is 19.1 Å². The summed E-state index contributed by atoms with van der Waals surface area (Å²) in [6.07, 6.45) is 0.980. The van der Waals surface area contributed by atoms with Gasteiger partial charge in [0.25, 0.3) is 5.91 Å². The van der Waals surface area contributed by atoms with Crippen molar-refractivity contribution in [1.29, 1.82) is 0 Å². The average Bonchev–Trinajstić information content (AvgIpc) is 2.99. The molecule has 4 nitrogen and oxygen atoms in total. The quantitative estimate of drug-likeness (QED) is 0.813. The number of nitrogens with one attached hydrogen (secondary N) is 1. The second-order valence-electron chi connectivity index (χ2n) is 4.89. The van der Waals surface area contributed by atoms with E-state index in [0.717, 1.165) is 13.0 Å². The van der Waals surface area contributed by atoms with Gasteiger partial charge in [0.2, 0.25) is 0 Å². The number of benzene rings is 1. The van der Waals surface area contributed by atoms with Gasteiger partial charge in [-0.2, -0.15) is 0 Å². The Bertz CT molecular complexity index is 524. The van der Waals surface area contributed by atoms with Gasteiger partial charge < -0.3 is 15.2 Å². The van der Waals surface area contributed by atoms with Gasteiger partial charge in [0.05, 0.1) is 12.2 Å². The number of hydrogen-bond donors (Lipinski definition) is 2. The monoisotopic (exact) mass is 273 g/mol. The van der Waals surface area contributed by atoms with Crippen LogP contribution in [0.3, 0.4) is 0 Å². The van der Waals surface area contributed by atoms with Crippen molar-refractivity contribution >= 4 is 5.91 Å². The zero-order valence-corrected chi connectivity index (χ0v) is 11.6. The smallest absolute Gasteiger partial charge is 0.252 e. The van der Waals surface area contributed by atoms with E-state index in [9.17, 15) is 4.79 Å². The number of carbonyl (C=O) groups excluding carboxylic acids is 1. The molecule has 106 valence electrons. The Balaban J connectivity index is 2.08. The highest BCUT2D eigenvalue weighted by atomic mass is 16.5. The Hall–Kier alpha value is -1.83. The predicted molar refractivity (Wildman–Crippen MR) is 76.3 cm³/mol. The molecule has 2 rings (SSSR count). The number of aliphatic hydroxyl groups excluding tert-OH is 1. The van der Waals surface area contributed by atoms with Crippen LogP contribution < -0.4 is 5.32 Å². The van der Waals surface area contributed by atoms with E-state index in [1.165, 1.54) is 0 Å². The first-order chi connectivity index (χ1) is 9.72. The molecule has 1 heterocycles. The largest absolute Gasteiger partial charge is 0.384 e. The molecule has 2 atom stereocenters. The van der Waals surface area contributed by atoms with Crippen molar-refractivity contribution in [2.75, 3.05) is 19.8 Å². The molecule has 0 aromatic heterocycles. The lowest BCUT2D eigenvalue weighted by atomic mass is 9.99. The minimum Gasteiger partial charge on any atom is -0.384 e. The number of rotatable bonds is 3. The van der Waals surface area contributed by atoms with Crippen LogP contribution in [0.1, 0.15) is 29.3 Å². The average molecular weight is 273 g/mol. The second kappa shape index (κ2) is 7.09. The van der Waals surface area contributed by atoms with Crippen LogP contribution in [-0.2, 0) is 4.74 Å².